The second kappa shape index (κ2) is 5.17. The van der Waals surface area contributed by atoms with Gasteiger partial charge in [0, 0.05) is 11.1 Å². The molecule has 0 atom stereocenters. The first-order valence-corrected chi connectivity index (χ1v) is 5.29. The van der Waals surface area contributed by atoms with Gasteiger partial charge in [-0.2, -0.15) is 0 Å². The molecule has 1 aliphatic heterocycles. The predicted octanol–water partition coefficient (Wildman–Crippen LogP) is 1.57. The van der Waals surface area contributed by atoms with Crippen LogP contribution in [-0.2, 0) is 0 Å². The third-order valence-corrected chi connectivity index (χ3v) is 2.36. The third-order valence-electron chi connectivity index (χ3n) is 2.36. The van der Waals surface area contributed by atoms with Crippen molar-refractivity contribution in [2.24, 2.45) is 0 Å². The lowest BCUT2D eigenvalue weighted by Crippen LogP contribution is -2.35. The highest BCUT2D eigenvalue weighted by Crippen LogP contribution is 2.19. The first-order chi connectivity index (χ1) is 9.08. The second-order valence-electron chi connectivity index (χ2n) is 3.60. The molecule has 0 saturated heterocycles. The van der Waals surface area contributed by atoms with Crippen molar-refractivity contribution >= 4 is 0 Å². The molecule has 0 fully saturated rings. The van der Waals surface area contributed by atoms with E-state index in [-0.39, 0.29) is 12.3 Å². The van der Waals surface area contributed by atoms with E-state index < -0.39 is 15.8 Å². The molecule has 0 aliphatic carbocycles. The molecule has 8 heteroatoms. The van der Waals surface area contributed by atoms with Gasteiger partial charge in [0.25, 0.3) is 0 Å². The van der Waals surface area contributed by atoms with Crippen LogP contribution >= 0.6 is 0 Å². The topological polar surface area (TPSA) is 98.8 Å². The highest BCUT2D eigenvalue weighted by atomic mass is 16.7. The van der Waals surface area contributed by atoms with Gasteiger partial charge < -0.3 is 14.9 Å². The minimum atomic E-state index is -0.829. The average Bonchev–Trinajstić information content (AvgIpc) is 2.39. The summed E-state index contributed by atoms with van der Waals surface area (Å²) in [6.45, 7) is -0.220. The molecule has 1 aromatic rings. The minimum absolute atomic E-state index is 0.205. The number of hydrazine groups is 1. The summed E-state index contributed by atoms with van der Waals surface area (Å²) in [4.78, 5) is 20.6. The zero-order chi connectivity index (χ0) is 13.8. The monoisotopic (exact) mass is 263 g/mol. The van der Waals surface area contributed by atoms with Crippen molar-refractivity contribution in [2.45, 2.75) is 0 Å². The molecule has 0 saturated carbocycles. The summed E-state index contributed by atoms with van der Waals surface area (Å²) in [5, 5.41) is 21.0. The maximum Gasteiger partial charge on any atom is 0.386 e. The fraction of sp³-hybridized carbons (Fsp3) is 0.0909. The molecule has 0 N–H and O–H groups in total. The van der Waals surface area contributed by atoms with Gasteiger partial charge in [-0.15, -0.1) is 0 Å². The van der Waals surface area contributed by atoms with Crippen LogP contribution in [0.5, 0.6) is 5.75 Å². The summed E-state index contributed by atoms with van der Waals surface area (Å²) in [5.74, 6) is 0.0803. The number of rotatable bonds is 4. The molecule has 1 heterocycles. The molecular formula is C11H9N3O5. The lowest BCUT2D eigenvalue weighted by Gasteiger charge is -2.13. The van der Waals surface area contributed by atoms with Crippen molar-refractivity contribution in [1.82, 2.24) is 5.01 Å². The predicted molar refractivity (Wildman–Crippen MR) is 63.9 cm³/mol. The van der Waals surface area contributed by atoms with Crippen molar-refractivity contribution in [3.63, 3.8) is 0 Å². The molecule has 0 bridgehead atoms. The van der Waals surface area contributed by atoms with E-state index in [1.54, 1.807) is 30.3 Å². The first-order valence-electron chi connectivity index (χ1n) is 5.29. The standard InChI is InChI=1S/C11H9N3O5/c15-13(16)11-8-10(6-7-12(11)14(17)18)19-9-4-2-1-3-5-9/h1-6,8H,7H2. The van der Waals surface area contributed by atoms with Crippen molar-refractivity contribution in [3.8, 4) is 5.75 Å². The van der Waals surface area contributed by atoms with Gasteiger partial charge in [0.05, 0.1) is 6.08 Å². The first kappa shape index (κ1) is 12.6. The van der Waals surface area contributed by atoms with Crippen LogP contribution in [0.25, 0.3) is 0 Å². The Balaban J connectivity index is 2.21. The molecule has 2 rings (SSSR count). The van der Waals surface area contributed by atoms with E-state index in [9.17, 15) is 20.2 Å². The normalized spacial score (nSPS) is 14.4. The summed E-state index contributed by atoms with van der Waals surface area (Å²) in [7, 11) is 0. The molecular weight excluding hydrogens is 254 g/mol. The number of allylic oxidation sites excluding steroid dienone is 1. The van der Waals surface area contributed by atoms with Crippen molar-refractivity contribution < 1.29 is 14.7 Å². The van der Waals surface area contributed by atoms with E-state index in [4.69, 9.17) is 4.74 Å². The number of nitro groups is 2. The van der Waals surface area contributed by atoms with E-state index in [1.807, 2.05) is 0 Å². The molecule has 1 aromatic carbocycles. The molecule has 0 radical (unpaired) electrons. The van der Waals surface area contributed by atoms with Gasteiger partial charge in [-0.25, -0.2) is 10.1 Å². The van der Waals surface area contributed by atoms with E-state index in [1.165, 1.54) is 6.08 Å². The van der Waals surface area contributed by atoms with Gasteiger partial charge in [-0.1, -0.05) is 18.2 Å². The van der Waals surface area contributed by atoms with E-state index >= 15 is 0 Å². The number of nitrogens with zero attached hydrogens (tertiary/aromatic N) is 3. The fourth-order valence-electron chi connectivity index (χ4n) is 1.52. The molecule has 98 valence electrons. The van der Waals surface area contributed by atoms with E-state index in [0.717, 1.165) is 6.08 Å². The fourth-order valence-corrected chi connectivity index (χ4v) is 1.52. The van der Waals surface area contributed by atoms with E-state index in [0.29, 0.717) is 10.8 Å². The molecule has 0 unspecified atom stereocenters. The SMILES string of the molecule is O=[N+]([O-])C1=CC(Oc2ccccc2)=CCN1[N+](=O)[O-]. The second-order valence-corrected chi connectivity index (χ2v) is 3.60. The Kier molecular flexibility index (Phi) is 3.42. The minimum Gasteiger partial charge on any atom is -0.457 e. The van der Waals surface area contributed by atoms with Crippen molar-refractivity contribution in [1.29, 1.82) is 0 Å². The Bertz CT molecular complexity index is 567. The number of benzene rings is 1. The Morgan fingerprint density at radius 2 is 1.84 bits per heavy atom. The highest BCUT2D eigenvalue weighted by Gasteiger charge is 2.35. The van der Waals surface area contributed by atoms with Crippen LogP contribution in [-0.4, -0.2) is 21.5 Å². The smallest absolute Gasteiger partial charge is 0.386 e. The van der Waals surface area contributed by atoms with Gasteiger partial charge in [-0.3, -0.25) is 0 Å². The summed E-state index contributed by atoms with van der Waals surface area (Å²) >= 11 is 0. The lowest BCUT2D eigenvalue weighted by molar-refractivity contribution is -0.677. The zero-order valence-corrected chi connectivity index (χ0v) is 9.63. The summed E-state index contributed by atoms with van der Waals surface area (Å²) in [6, 6.07) is 8.66. The molecule has 0 spiro atoms. The van der Waals surface area contributed by atoms with Gasteiger partial charge in [0.2, 0.25) is 5.03 Å². The number of hydrogen-bond acceptors (Lipinski definition) is 5. The van der Waals surface area contributed by atoms with Crippen LogP contribution in [0.4, 0.5) is 0 Å². The van der Waals surface area contributed by atoms with Crippen LogP contribution in [0.15, 0.2) is 54.1 Å². The largest absolute Gasteiger partial charge is 0.457 e. The molecule has 1 aliphatic rings. The van der Waals surface area contributed by atoms with Crippen LogP contribution < -0.4 is 4.74 Å². The summed E-state index contributed by atoms with van der Waals surface area (Å²) in [6.07, 6.45) is 2.43. The van der Waals surface area contributed by atoms with Gasteiger partial charge in [0.15, 0.2) is 6.54 Å². The maximum absolute atomic E-state index is 10.8. The third kappa shape index (κ3) is 2.86. The molecule has 0 amide bonds. The van der Waals surface area contributed by atoms with Gasteiger partial charge in [-0.05, 0) is 17.1 Å². The number of para-hydroxylation sites is 1. The highest BCUT2D eigenvalue weighted by molar-refractivity contribution is 5.28. The van der Waals surface area contributed by atoms with Crippen LogP contribution in [0.1, 0.15) is 0 Å². The zero-order valence-electron chi connectivity index (χ0n) is 9.63. The van der Waals surface area contributed by atoms with Crippen LogP contribution in [0.3, 0.4) is 0 Å². The maximum atomic E-state index is 10.8. The Morgan fingerprint density at radius 1 is 1.16 bits per heavy atom. The number of hydrogen-bond donors (Lipinski definition) is 0. The Hall–Kier alpha value is -2.90. The van der Waals surface area contributed by atoms with Crippen molar-refractivity contribution in [2.75, 3.05) is 6.54 Å². The summed E-state index contributed by atoms with van der Waals surface area (Å²) in [5.41, 5.74) is 0. The molecule has 0 aromatic heterocycles. The quantitative estimate of drug-likeness (QED) is 0.604. The lowest BCUT2D eigenvalue weighted by atomic mass is 10.3. The van der Waals surface area contributed by atoms with Gasteiger partial charge >= 0.3 is 5.82 Å². The van der Waals surface area contributed by atoms with Crippen molar-refractivity contribution in [3.05, 3.63) is 74.3 Å². The van der Waals surface area contributed by atoms with Gasteiger partial charge in [0.1, 0.15) is 11.5 Å². The Labute approximate surface area is 107 Å². The number of ether oxygens (including phenoxy) is 1. The summed E-state index contributed by atoms with van der Waals surface area (Å²) < 4.78 is 5.39. The molecule has 19 heavy (non-hydrogen) atoms. The Morgan fingerprint density at radius 3 is 2.42 bits per heavy atom. The van der Waals surface area contributed by atoms with E-state index in [2.05, 4.69) is 0 Å². The van der Waals surface area contributed by atoms with Crippen LogP contribution in [0, 0.1) is 20.2 Å². The average molecular weight is 263 g/mol. The molecule has 8 nitrogen and oxygen atoms in total. The van der Waals surface area contributed by atoms with Crippen LogP contribution in [0.2, 0.25) is 0 Å².